The molecule has 1 atom stereocenters. The molecule has 1 N–H and O–H groups in total. The van der Waals surface area contributed by atoms with Gasteiger partial charge in [0.05, 0.1) is 6.10 Å². The van der Waals surface area contributed by atoms with E-state index in [1.165, 1.54) is 11.6 Å². The number of benzene rings is 1. The average Bonchev–Trinajstić information content (AvgIpc) is 2.47. The summed E-state index contributed by atoms with van der Waals surface area (Å²) in [6.45, 7) is 3.21. The minimum atomic E-state index is -0.371. The highest BCUT2D eigenvalue weighted by atomic mass is 19.1. The Morgan fingerprint density at radius 3 is 3.07 bits per heavy atom. The number of hydrogen-bond acceptors (Lipinski definition) is 2. The van der Waals surface area contributed by atoms with Crippen molar-refractivity contribution in [1.29, 1.82) is 0 Å². The first kappa shape index (κ1) is 9.46. The molecule has 0 saturated heterocycles. The topological polar surface area (TPSA) is 23.5 Å². The summed E-state index contributed by atoms with van der Waals surface area (Å²) in [4.78, 5) is 2.03. The Hall–Kier alpha value is -1.09. The number of β-amino-alcohol motifs (C(OH)–C–C–N with tert-alkyl or cyclic N) is 1. The highest BCUT2D eigenvalue weighted by Gasteiger charge is 2.20. The van der Waals surface area contributed by atoms with Crippen LogP contribution in [0.15, 0.2) is 18.2 Å². The fourth-order valence-corrected chi connectivity index (χ4v) is 1.93. The minimum absolute atomic E-state index is 0.207. The Kier molecular flexibility index (Phi) is 2.42. The lowest BCUT2D eigenvalue weighted by molar-refractivity contribution is 0.200. The highest BCUT2D eigenvalue weighted by Crippen LogP contribution is 2.28. The molecule has 0 aliphatic carbocycles. The van der Waals surface area contributed by atoms with Gasteiger partial charge in [-0.05, 0) is 31.0 Å². The summed E-state index contributed by atoms with van der Waals surface area (Å²) in [6.07, 6.45) is 0.576. The first-order valence-corrected chi connectivity index (χ1v) is 4.88. The van der Waals surface area contributed by atoms with Crippen LogP contribution in [0.1, 0.15) is 12.5 Å². The Balaban J connectivity index is 2.24. The molecule has 0 aromatic heterocycles. The van der Waals surface area contributed by atoms with Crippen LogP contribution in [0.4, 0.5) is 10.1 Å². The lowest BCUT2D eigenvalue weighted by Crippen LogP contribution is -2.29. The minimum Gasteiger partial charge on any atom is -0.392 e. The van der Waals surface area contributed by atoms with Gasteiger partial charge >= 0.3 is 0 Å². The first-order chi connectivity index (χ1) is 6.66. The highest BCUT2D eigenvalue weighted by molar-refractivity contribution is 5.58. The van der Waals surface area contributed by atoms with Crippen LogP contribution in [-0.2, 0) is 6.42 Å². The largest absolute Gasteiger partial charge is 0.392 e. The van der Waals surface area contributed by atoms with E-state index in [2.05, 4.69) is 0 Å². The van der Waals surface area contributed by atoms with Crippen molar-refractivity contribution in [2.24, 2.45) is 0 Å². The molecule has 0 unspecified atom stereocenters. The Morgan fingerprint density at radius 1 is 1.57 bits per heavy atom. The Bertz CT molecular complexity index is 338. The fraction of sp³-hybridized carbons (Fsp3) is 0.455. The molecule has 1 aromatic carbocycles. The summed E-state index contributed by atoms with van der Waals surface area (Å²) in [5, 5.41) is 9.27. The van der Waals surface area contributed by atoms with E-state index in [0.717, 1.165) is 18.7 Å². The molecule has 0 fully saturated rings. The van der Waals surface area contributed by atoms with Gasteiger partial charge in [-0.25, -0.2) is 4.39 Å². The van der Waals surface area contributed by atoms with Crippen LogP contribution >= 0.6 is 0 Å². The van der Waals surface area contributed by atoms with Crippen LogP contribution in [0, 0.1) is 5.82 Å². The number of hydrogen-bond donors (Lipinski definition) is 1. The summed E-state index contributed by atoms with van der Waals surface area (Å²) in [5.74, 6) is -0.207. The number of nitrogens with zero attached hydrogens (tertiary/aromatic N) is 1. The molecule has 0 saturated carbocycles. The van der Waals surface area contributed by atoms with Crippen molar-refractivity contribution >= 4 is 5.69 Å². The van der Waals surface area contributed by atoms with Crippen molar-refractivity contribution in [2.45, 2.75) is 19.4 Å². The van der Waals surface area contributed by atoms with Gasteiger partial charge in [-0.2, -0.15) is 0 Å². The molecular weight excluding hydrogens is 181 g/mol. The maximum absolute atomic E-state index is 13.0. The summed E-state index contributed by atoms with van der Waals surface area (Å²) in [5.41, 5.74) is 2.11. The molecule has 1 heterocycles. The zero-order chi connectivity index (χ0) is 10.1. The predicted octanol–water partition coefficient (Wildman–Crippen LogP) is 1.57. The Labute approximate surface area is 83.0 Å². The first-order valence-electron chi connectivity index (χ1n) is 4.88. The summed E-state index contributed by atoms with van der Waals surface area (Å²) in [7, 11) is 0. The van der Waals surface area contributed by atoms with E-state index in [1.54, 1.807) is 13.0 Å². The smallest absolute Gasteiger partial charge is 0.125 e. The van der Waals surface area contributed by atoms with E-state index in [0.29, 0.717) is 6.54 Å². The number of anilines is 1. The van der Waals surface area contributed by atoms with Gasteiger partial charge in [-0.15, -0.1) is 0 Å². The molecule has 1 aliphatic heterocycles. The van der Waals surface area contributed by atoms with Gasteiger partial charge in [0.15, 0.2) is 0 Å². The molecule has 0 amide bonds. The summed E-state index contributed by atoms with van der Waals surface area (Å²) >= 11 is 0. The van der Waals surface area contributed by atoms with E-state index in [4.69, 9.17) is 0 Å². The van der Waals surface area contributed by atoms with Crippen LogP contribution in [0.5, 0.6) is 0 Å². The second-order valence-corrected chi connectivity index (χ2v) is 3.82. The maximum atomic E-state index is 13.0. The van der Waals surface area contributed by atoms with E-state index in [1.807, 2.05) is 11.0 Å². The third-order valence-corrected chi connectivity index (χ3v) is 2.52. The fourth-order valence-electron chi connectivity index (χ4n) is 1.93. The SMILES string of the molecule is C[C@H](O)CN1CCc2ccc(F)cc21. The van der Waals surface area contributed by atoms with E-state index >= 15 is 0 Å². The number of aliphatic hydroxyl groups excluding tert-OH is 1. The van der Waals surface area contributed by atoms with Crippen molar-refractivity contribution in [3.63, 3.8) is 0 Å². The van der Waals surface area contributed by atoms with Gasteiger partial charge < -0.3 is 10.0 Å². The van der Waals surface area contributed by atoms with E-state index in [9.17, 15) is 9.50 Å². The Morgan fingerprint density at radius 2 is 2.36 bits per heavy atom. The van der Waals surface area contributed by atoms with Crippen LogP contribution in [0.25, 0.3) is 0 Å². The molecule has 1 aromatic rings. The average molecular weight is 195 g/mol. The van der Waals surface area contributed by atoms with Crippen LogP contribution in [0.2, 0.25) is 0 Å². The zero-order valence-corrected chi connectivity index (χ0v) is 8.20. The van der Waals surface area contributed by atoms with Crippen molar-refractivity contribution < 1.29 is 9.50 Å². The standard InChI is InChI=1S/C11H14FNO/c1-8(14)7-13-5-4-9-2-3-10(12)6-11(9)13/h2-3,6,8,14H,4-5,7H2,1H3/t8-/m0/s1. The maximum Gasteiger partial charge on any atom is 0.125 e. The lowest BCUT2D eigenvalue weighted by Gasteiger charge is -2.20. The quantitative estimate of drug-likeness (QED) is 0.774. The molecule has 76 valence electrons. The predicted molar refractivity (Wildman–Crippen MR) is 54.0 cm³/mol. The third-order valence-electron chi connectivity index (χ3n) is 2.52. The second kappa shape index (κ2) is 3.58. The van der Waals surface area contributed by atoms with Crippen LogP contribution in [-0.4, -0.2) is 24.3 Å². The summed E-state index contributed by atoms with van der Waals surface area (Å²) in [6, 6.07) is 4.86. The number of halogens is 1. The molecular formula is C11H14FNO. The molecule has 1 aliphatic rings. The van der Waals surface area contributed by atoms with Gasteiger partial charge in [0.2, 0.25) is 0 Å². The zero-order valence-electron chi connectivity index (χ0n) is 8.20. The number of rotatable bonds is 2. The molecule has 0 radical (unpaired) electrons. The molecule has 2 rings (SSSR count). The molecule has 2 nitrogen and oxygen atoms in total. The molecule has 0 bridgehead atoms. The van der Waals surface area contributed by atoms with E-state index < -0.39 is 0 Å². The van der Waals surface area contributed by atoms with Gasteiger partial charge in [-0.3, -0.25) is 0 Å². The second-order valence-electron chi connectivity index (χ2n) is 3.82. The molecule has 14 heavy (non-hydrogen) atoms. The van der Waals surface area contributed by atoms with Gasteiger partial charge in [0.25, 0.3) is 0 Å². The monoisotopic (exact) mass is 195 g/mol. The van der Waals surface area contributed by atoms with Gasteiger partial charge in [0.1, 0.15) is 5.82 Å². The normalized spacial score (nSPS) is 16.9. The molecule has 0 spiro atoms. The lowest BCUT2D eigenvalue weighted by atomic mass is 10.2. The van der Waals surface area contributed by atoms with Crippen molar-refractivity contribution in [2.75, 3.05) is 18.0 Å². The number of aliphatic hydroxyl groups is 1. The van der Waals surface area contributed by atoms with Crippen molar-refractivity contribution in [3.05, 3.63) is 29.6 Å². The summed E-state index contributed by atoms with van der Waals surface area (Å²) < 4.78 is 13.0. The van der Waals surface area contributed by atoms with Crippen LogP contribution in [0.3, 0.4) is 0 Å². The van der Waals surface area contributed by atoms with Crippen molar-refractivity contribution in [3.8, 4) is 0 Å². The van der Waals surface area contributed by atoms with Crippen LogP contribution < -0.4 is 4.90 Å². The number of fused-ring (bicyclic) bond motifs is 1. The third kappa shape index (κ3) is 1.73. The van der Waals surface area contributed by atoms with Gasteiger partial charge in [0, 0.05) is 18.8 Å². The van der Waals surface area contributed by atoms with E-state index in [-0.39, 0.29) is 11.9 Å². The van der Waals surface area contributed by atoms with Crippen molar-refractivity contribution in [1.82, 2.24) is 0 Å². The molecule has 3 heteroatoms. The van der Waals surface area contributed by atoms with Gasteiger partial charge in [-0.1, -0.05) is 6.07 Å².